The van der Waals surface area contributed by atoms with E-state index in [4.69, 9.17) is 14.2 Å². The van der Waals surface area contributed by atoms with E-state index in [1.54, 1.807) is 19.1 Å². The number of alkyl carbamates (subject to hydrolysis) is 1. The predicted octanol–water partition coefficient (Wildman–Crippen LogP) is 2.14. The van der Waals surface area contributed by atoms with Gasteiger partial charge in [0.25, 0.3) is 0 Å². The van der Waals surface area contributed by atoms with Gasteiger partial charge in [-0.2, -0.15) is 8.78 Å². The molecule has 0 radical (unpaired) electrons. The van der Waals surface area contributed by atoms with E-state index < -0.39 is 12.7 Å². The number of hydrogen-bond donors (Lipinski definition) is 2. The first kappa shape index (κ1) is 19.8. The zero-order chi connectivity index (χ0) is 17.9. The highest BCUT2D eigenvalue weighted by Crippen LogP contribution is 2.39. The summed E-state index contributed by atoms with van der Waals surface area (Å²) in [6.07, 6.45) is -0.476. The van der Waals surface area contributed by atoms with Crippen LogP contribution in [0.25, 0.3) is 0 Å². The van der Waals surface area contributed by atoms with Gasteiger partial charge < -0.3 is 29.6 Å². The summed E-state index contributed by atoms with van der Waals surface area (Å²) in [6.45, 7) is 0.363. The van der Waals surface area contributed by atoms with Crippen LogP contribution >= 0.6 is 0 Å². The molecule has 7 nitrogen and oxygen atoms in total. The number of alkyl halides is 2. The van der Waals surface area contributed by atoms with Crippen LogP contribution in [0, 0.1) is 0 Å². The van der Waals surface area contributed by atoms with Gasteiger partial charge in [0.15, 0.2) is 11.5 Å². The lowest BCUT2D eigenvalue weighted by Gasteiger charge is -2.16. The van der Waals surface area contributed by atoms with Crippen LogP contribution in [-0.2, 0) is 11.3 Å². The summed E-state index contributed by atoms with van der Waals surface area (Å²) in [5.74, 6) is 0.148. The molecule has 24 heavy (non-hydrogen) atoms. The van der Waals surface area contributed by atoms with E-state index in [1.165, 1.54) is 14.2 Å². The van der Waals surface area contributed by atoms with Gasteiger partial charge in [0, 0.05) is 19.6 Å². The summed E-state index contributed by atoms with van der Waals surface area (Å²) < 4.78 is 44.3. The van der Waals surface area contributed by atoms with Crippen molar-refractivity contribution in [1.29, 1.82) is 0 Å². The van der Waals surface area contributed by atoms with Crippen LogP contribution in [0.4, 0.5) is 13.6 Å². The van der Waals surface area contributed by atoms with Crippen molar-refractivity contribution in [3.63, 3.8) is 0 Å². The third-order valence-corrected chi connectivity index (χ3v) is 2.90. The third-order valence-electron chi connectivity index (χ3n) is 2.90. The molecule has 0 aliphatic rings. The lowest BCUT2D eigenvalue weighted by Crippen LogP contribution is -2.32. The second-order valence-corrected chi connectivity index (χ2v) is 4.53. The van der Waals surface area contributed by atoms with Crippen LogP contribution in [0.1, 0.15) is 12.5 Å². The van der Waals surface area contributed by atoms with Crippen molar-refractivity contribution >= 4 is 6.09 Å². The van der Waals surface area contributed by atoms with Crippen molar-refractivity contribution in [2.45, 2.75) is 20.1 Å². The monoisotopic (exact) mass is 348 g/mol. The summed E-state index contributed by atoms with van der Waals surface area (Å²) in [7, 11) is 2.71. The minimum atomic E-state index is -2.98. The Morgan fingerprint density at radius 1 is 1.17 bits per heavy atom. The van der Waals surface area contributed by atoms with E-state index in [2.05, 4.69) is 15.4 Å². The molecule has 0 atom stereocenters. The number of carbonyl (C=O) groups is 1. The van der Waals surface area contributed by atoms with Gasteiger partial charge in [0.05, 0.1) is 20.8 Å². The van der Waals surface area contributed by atoms with Gasteiger partial charge in [-0.05, 0) is 24.6 Å². The van der Waals surface area contributed by atoms with Crippen molar-refractivity contribution in [3.8, 4) is 17.2 Å². The molecule has 1 amide bonds. The maximum atomic E-state index is 12.5. The maximum Gasteiger partial charge on any atom is 0.407 e. The van der Waals surface area contributed by atoms with Crippen LogP contribution in [0.5, 0.6) is 17.2 Å². The van der Waals surface area contributed by atoms with Crippen molar-refractivity contribution in [3.05, 3.63) is 17.7 Å². The van der Waals surface area contributed by atoms with Crippen molar-refractivity contribution in [1.82, 2.24) is 10.6 Å². The number of hydrogen-bond acceptors (Lipinski definition) is 6. The first-order valence-corrected chi connectivity index (χ1v) is 7.32. The van der Waals surface area contributed by atoms with E-state index in [1.807, 2.05) is 0 Å². The number of amides is 1. The van der Waals surface area contributed by atoms with Gasteiger partial charge in [0.1, 0.15) is 0 Å². The molecule has 0 saturated carbocycles. The van der Waals surface area contributed by atoms with E-state index >= 15 is 0 Å². The van der Waals surface area contributed by atoms with Gasteiger partial charge in [0.2, 0.25) is 5.75 Å². The molecule has 2 N–H and O–H groups in total. The lowest BCUT2D eigenvalue weighted by atomic mass is 10.1. The molecule has 0 spiro atoms. The quantitative estimate of drug-likeness (QED) is 0.631. The number of methoxy groups -OCH3 is 2. The minimum Gasteiger partial charge on any atom is -0.493 e. The Hall–Kier alpha value is -2.29. The van der Waals surface area contributed by atoms with Crippen LogP contribution in [0.15, 0.2) is 12.1 Å². The normalized spacial score (nSPS) is 10.4. The average molecular weight is 348 g/mol. The van der Waals surface area contributed by atoms with Gasteiger partial charge >= 0.3 is 12.7 Å². The van der Waals surface area contributed by atoms with Gasteiger partial charge in [-0.3, -0.25) is 0 Å². The van der Waals surface area contributed by atoms with Crippen LogP contribution in [0.2, 0.25) is 0 Å². The van der Waals surface area contributed by atoms with Crippen LogP contribution < -0.4 is 24.8 Å². The second-order valence-electron chi connectivity index (χ2n) is 4.53. The number of nitrogens with one attached hydrogen (secondary N) is 2. The molecule has 0 fully saturated rings. The number of ether oxygens (including phenoxy) is 4. The molecule has 0 heterocycles. The fraction of sp³-hybridized carbons (Fsp3) is 0.533. The Morgan fingerprint density at radius 3 is 2.29 bits per heavy atom. The Morgan fingerprint density at radius 2 is 1.79 bits per heavy atom. The molecule has 0 bridgehead atoms. The molecule has 0 unspecified atom stereocenters. The summed E-state index contributed by atoms with van der Waals surface area (Å²) in [6, 6.07) is 3.15. The molecule has 1 aromatic carbocycles. The highest BCUT2D eigenvalue weighted by atomic mass is 19.3. The fourth-order valence-electron chi connectivity index (χ4n) is 1.91. The number of rotatable bonds is 10. The van der Waals surface area contributed by atoms with Gasteiger partial charge in [-0.1, -0.05) is 0 Å². The van der Waals surface area contributed by atoms with E-state index in [0.717, 1.165) is 5.56 Å². The topological polar surface area (TPSA) is 78.1 Å². The van der Waals surface area contributed by atoms with Gasteiger partial charge in [-0.15, -0.1) is 0 Å². The molecule has 0 aliphatic carbocycles. The van der Waals surface area contributed by atoms with Crippen LogP contribution in [-0.4, -0.2) is 46.6 Å². The summed E-state index contributed by atoms with van der Waals surface area (Å²) in [5.41, 5.74) is 0.751. The average Bonchev–Trinajstić information content (AvgIpc) is 2.55. The number of benzene rings is 1. The van der Waals surface area contributed by atoms with Gasteiger partial charge in [-0.25, -0.2) is 4.79 Å². The molecule has 136 valence electrons. The van der Waals surface area contributed by atoms with Crippen molar-refractivity contribution in [2.24, 2.45) is 0 Å². The Bertz CT molecular complexity index is 504. The number of carbonyl (C=O) groups excluding carboxylic acids is 1. The van der Waals surface area contributed by atoms with E-state index in [-0.39, 0.29) is 17.2 Å². The van der Waals surface area contributed by atoms with Crippen molar-refractivity contribution < 1.29 is 32.5 Å². The molecular weight excluding hydrogens is 326 g/mol. The Kier molecular flexibility index (Phi) is 8.63. The largest absolute Gasteiger partial charge is 0.493 e. The first-order chi connectivity index (χ1) is 11.5. The molecular formula is C15H22F2N2O5. The molecule has 1 aromatic rings. The molecule has 0 aromatic heterocycles. The highest BCUT2D eigenvalue weighted by molar-refractivity contribution is 5.66. The standard InChI is InChI=1S/C15H22F2N2O5/c1-4-23-15(20)19-6-5-18-9-10-7-11(21-2)13(24-14(16)17)12(8-10)22-3/h7-8,14,18H,4-6,9H2,1-3H3,(H,19,20). The summed E-state index contributed by atoms with van der Waals surface area (Å²) in [5, 5.41) is 5.66. The maximum absolute atomic E-state index is 12.5. The predicted molar refractivity (Wildman–Crippen MR) is 82.9 cm³/mol. The molecule has 0 aliphatic heterocycles. The van der Waals surface area contributed by atoms with E-state index in [0.29, 0.717) is 26.2 Å². The zero-order valence-electron chi connectivity index (χ0n) is 13.9. The Labute approximate surface area is 139 Å². The third kappa shape index (κ3) is 6.45. The first-order valence-electron chi connectivity index (χ1n) is 7.32. The van der Waals surface area contributed by atoms with Crippen LogP contribution in [0.3, 0.4) is 0 Å². The fourth-order valence-corrected chi connectivity index (χ4v) is 1.91. The number of halogens is 2. The SMILES string of the molecule is CCOC(=O)NCCNCc1cc(OC)c(OC(F)F)c(OC)c1. The summed E-state index contributed by atoms with van der Waals surface area (Å²) in [4.78, 5) is 11.1. The second kappa shape index (κ2) is 10.5. The smallest absolute Gasteiger partial charge is 0.407 e. The lowest BCUT2D eigenvalue weighted by molar-refractivity contribution is -0.0526. The molecule has 0 saturated heterocycles. The molecule has 9 heteroatoms. The van der Waals surface area contributed by atoms with Crippen molar-refractivity contribution in [2.75, 3.05) is 33.9 Å². The summed E-state index contributed by atoms with van der Waals surface area (Å²) >= 11 is 0. The zero-order valence-corrected chi connectivity index (χ0v) is 13.9. The highest BCUT2D eigenvalue weighted by Gasteiger charge is 2.17. The van der Waals surface area contributed by atoms with E-state index in [9.17, 15) is 13.6 Å². The minimum absolute atomic E-state index is 0.149. The Balaban J connectivity index is 2.61. The molecule has 1 rings (SSSR count).